The van der Waals surface area contributed by atoms with Gasteiger partial charge in [0.2, 0.25) is 5.91 Å². The number of ether oxygens (including phenoxy) is 1. The molecule has 20 heavy (non-hydrogen) atoms. The van der Waals surface area contributed by atoms with Crippen molar-refractivity contribution in [2.45, 2.75) is 31.7 Å². The molecule has 0 radical (unpaired) electrons. The van der Waals surface area contributed by atoms with E-state index in [0.717, 1.165) is 52.2 Å². The molecular weight excluding hydrogens is 254 g/mol. The van der Waals surface area contributed by atoms with Crippen LogP contribution in [0, 0.1) is 11.3 Å². The van der Waals surface area contributed by atoms with Crippen molar-refractivity contribution in [1.82, 2.24) is 15.5 Å². The normalized spacial score (nSPS) is 32.5. The van der Waals surface area contributed by atoms with Crippen LogP contribution in [0.15, 0.2) is 0 Å². The Kier molecular flexibility index (Phi) is 4.29. The van der Waals surface area contributed by atoms with Crippen LogP contribution in [0.3, 0.4) is 0 Å². The maximum Gasteiger partial charge on any atom is 0.223 e. The Morgan fingerprint density at radius 3 is 3.00 bits per heavy atom. The van der Waals surface area contributed by atoms with Gasteiger partial charge in [0.25, 0.3) is 0 Å². The van der Waals surface area contributed by atoms with Crippen LogP contribution in [0.1, 0.15) is 25.7 Å². The fourth-order valence-corrected chi connectivity index (χ4v) is 3.87. The molecule has 0 aromatic carbocycles. The van der Waals surface area contributed by atoms with Crippen molar-refractivity contribution in [3.63, 3.8) is 0 Å². The maximum absolute atomic E-state index is 12.4. The van der Waals surface area contributed by atoms with Gasteiger partial charge in [-0.05, 0) is 44.2 Å². The van der Waals surface area contributed by atoms with Crippen LogP contribution in [0.25, 0.3) is 0 Å². The number of nitrogens with one attached hydrogen (secondary N) is 2. The minimum Gasteiger partial charge on any atom is -0.383 e. The molecule has 0 aromatic heterocycles. The summed E-state index contributed by atoms with van der Waals surface area (Å²) in [6, 6.07) is 0.346. The highest BCUT2D eigenvalue weighted by molar-refractivity contribution is 5.83. The predicted octanol–water partition coefficient (Wildman–Crippen LogP) is 0.213. The van der Waals surface area contributed by atoms with Gasteiger partial charge in [-0.15, -0.1) is 0 Å². The van der Waals surface area contributed by atoms with Crippen LogP contribution >= 0.6 is 0 Å². The number of carbonyl (C=O) groups excluding carboxylic acids is 1. The van der Waals surface area contributed by atoms with Gasteiger partial charge in [-0.2, -0.15) is 0 Å². The zero-order chi connectivity index (χ0) is 14.0. The minimum absolute atomic E-state index is 0.289. The topological polar surface area (TPSA) is 53.6 Å². The summed E-state index contributed by atoms with van der Waals surface area (Å²) in [7, 11) is 1.74. The Balaban J connectivity index is 1.42. The Labute approximate surface area is 121 Å². The van der Waals surface area contributed by atoms with Gasteiger partial charge in [-0.25, -0.2) is 0 Å². The lowest BCUT2D eigenvalue weighted by molar-refractivity contribution is -0.123. The van der Waals surface area contributed by atoms with Gasteiger partial charge in [0.05, 0.1) is 6.61 Å². The standard InChI is InChI=1S/C15H27N3O2/c1-20-9-8-18-7-2-12(11-18)17-14(19)13-10-15(13)3-5-16-6-4-15/h12-13,16H,2-11H2,1H3,(H,17,19). The molecule has 0 bridgehead atoms. The number of hydrogen-bond acceptors (Lipinski definition) is 4. The van der Waals surface area contributed by atoms with Gasteiger partial charge >= 0.3 is 0 Å². The number of carbonyl (C=O) groups is 1. The minimum atomic E-state index is 0.289. The summed E-state index contributed by atoms with van der Waals surface area (Å²) in [4.78, 5) is 14.8. The number of hydrogen-bond donors (Lipinski definition) is 2. The molecule has 1 spiro atoms. The molecule has 5 nitrogen and oxygen atoms in total. The first kappa shape index (κ1) is 14.3. The van der Waals surface area contributed by atoms with Gasteiger partial charge in [-0.1, -0.05) is 0 Å². The quantitative estimate of drug-likeness (QED) is 0.756. The summed E-state index contributed by atoms with van der Waals surface area (Å²) in [6.07, 6.45) is 4.54. The SMILES string of the molecule is COCCN1CCC(NC(=O)C2CC23CCNCC3)C1. The summed E-state index contributed by atoms with van der Waals surface area (Å²) in [5.41, 5.74) is 0.351. The zero-order valence-corrected chi connectivity index (χ0v) is 12.5. The van der Waals surface area contributed by atoms with Gasteiger partial charge < -0.3 is 15.4 Å². The first-order valence-electron chi connectivity index (χ1n) is 7.96. The van der Waals surface area contributed by atoms with Crippen LogP contribution in [-0.4, -0.2) is 63.3 Å². The fraction of sp³-hybridized carbons (Fsp3) is 0.933. The van der Waals surface area contributed by atoms with Crippen molar-refractivity contribution in [2.75, 3.05) is 46.4 Å². The molecular formula is C15H27N3O2. The Morgan fingerprint density at radius 1 is 1.45 bits per heavy atom. The van der Waals surface area contributed by atoms with E-state index < -0.39 is 0 Å². The number of methoxy groups -OCH3 is 1. The van der Waals surface area contributed by atoms with E-state index in [0.29, 0.717) is 17.4 Å². The van der Waals surface area contributed by atoms with Crippen molar-refractivity contribution >= 4 is 5.91 Å². The van der Waals surface area contributed by atoms with E-state index in [2.05, 4.69) is 15.5 Å². The highest BCUT2D eigenvalue weighted by Gasteiger charge is 2.57. The monoisotopic (exact) mass is 281 g/mol. The van der Waals surface area contributed by atoms with Gasteiger partial charge in [0.1, 0.15) is 0 Å². The van der Waals surface area contributed by atoms with Crippen molar-refractivity contribution in [3.8, 4) is 0 Å². The molecule has 2 saturated heterocycles. The molecule has 0 aromatic rings. The first-order chi connectivity index (χ1) is 9.73. The van der Waals surface area contributed by atoms with Crippen LogP contribution in [0.4, 0.5) is 0 Å². The van der Waals surface area contributed by atoms with Crippen molar-refractivity contribution in [3.05, 3.63) is 0 Å². The lowest BCUT2D eigenvalue weighted by Crippen LogP contribution is -2.40. The lowest BCUT2D eigenvalue weighted by Gasteiger charge is -2.23. The molecule has 2 heterocycles. The van der Waals surface area contributed by atoms with E-state index in [1.165, 1.54) is 12.8 Å². The lowest BCUT2D eigenvalue weighted by atomic mass is 9.91. The Morgan fingerprint density at radius 2 is 2.25 bits per heavy atom. The number of likely N-dealkylation sites (tertiary alicyclic amines) is 1. The highest BCUT2D eigenvalue weighted by atomic mass is 16.5. The fourth-order valence-electron chi connectivity index (χ4n) is 3.87. The largest absolute Gasteiger partial charge is 0.383 e. The Bertz CT molecular complexity index is 355. The molecule has 3 rings (SSSR count). The molecule has 2 atom stereocenters. The highest BCUT2D eigenvalue weighted by Crippen LogP contribution is 2.58. The third kappa shape index (κ3) is 3.00. The zero-order valence-electron chi connectivity index (χ0n) is 12.5. The van der Waals surface area contributed by atoms with Crippen LogP contribution in [-0.2, 0) is 9.53 Å². The maximum atomic E-state index is 12.4. The number of nitrogens with zero attached hydrogens (tertiary/aromatic N) is 1. The molecule has 2 N–H and O–H groups in total. The van der Waals surface area contributed by atoms with Gasteiger partial charge in [0.15, 0.2) is 0 Å². The third-order valence-corrected chi connectivity index (χ3v) is 5.34. The molecule has 3 aliphatic rings. The molecule has 114 valence electrons. The number of piperidine rings is 1. The summed E-state index contributed by atoms with van der Waals surface area (Å²) < 4.78 is 5.11. The second-order valence-electron chi connectivity index (χ2n) is 6.66. The molecule has 2 aliphatic heterocycles. The second kappa shape index (κ2) is 6.00. The summed E-state index contributed by atoms with van der Waals surface area (Å²) in [5.74, 6) is 0.600. The Hall–Kier alpha value is -0.650. The van der Waals surface area contributed by atoms with Crippen LogP contribution in [0.2, 0.25) is 0 Å². The van der Waals surface area contributed by atoms with E-state index in [9.17, 15) is 4.79 Å². The molecule has 3 fully saturated rings. The molecule has 2 unspecified atom stereocenters. The summed E-state index contributed by atoms with van der Waals surface area (Å²) in [6.45, 7) is 5.97. The van der Waals surface area contributed by atoms with Crippen molar-refractivity contribution in [2.24, 2.45) is 11.3 Å². The van der Waals surface area contributed by atoms with E-state index >= 15 is 0 Å². The smallest absolute Gasteiger partial charge is 0.223 e. The average Bonchev–Trinajstić information content (AvgIpc) is 2.95. The molecule has 1 amide bonds. The van der Waals surface area contributed by atoms with E-state index in [-0.39, 0.29) is 5.92 Å². The van der Waals surface area contributed by atoms with Crippen molar-refractivity contribution in [1.29, 1.82) is 0 Å². The summed E-state index contributed by atoms with van der Waals surface area (Å²) >= 11 is 0. The first-order valence-corrected chi connectivity index (χ1v) is 7.96. The van der Waals surface area contributed by atoms with Crippen LogP contribution in [0.5, 0.6) is 0 Å². The molecule has 5 heteroatoms. The third-order valence-electron chi connectivity index (χ3n) is 5.34. The van der Waals surface area contributed by atoms with Crippen molar-refractivity contribution < 1.29 is 9.53 Å². The summed E-state index contributed by atoms with van der Waals surface area (Å²) in [5, 5.41) is 6.67. The van der Waals surface area contributed by atoms with Gasteiger partial charge in [-0.3, -0.25) is 9.69 Å². The molecule has 1 aliphatic carbocycles. The van der Waals surface area contributed by atoms with E-state index in [1.54, 1.807) is 7.11 Å². The molecule has 1 saturated carbocycles. The predicted molar refractivity (Wildman–Crippen MR) is 77.5 cm³/mol. The second-order valence-corrected chi connectivity index (χ2v) is 6.66. The van der Waals surface area contributed by atoms with E-state index in [4.69, 9.17) is 4.74 Å². The number of rotatable bonds is 5. The number of amides is 1. The van der Waals surface area contributed by atoms with E-state index in [1.807, 2.05) is 0 Å². The van der Waals surface area contributed by atoms with Gasteiger partial charge in [0, 0.05) is 38.7 Å². The average molecular weight is 281 g/mol. The van der Waals surface area contributed by atoms with Crippen LogP contribution < -0.4 is 10.6 Å².